The van der Waals surface area contributed by atoms with Gasteiger partial charge in [0.15, 0.2) is 0 Å². The zero-order valence-corrected chi connectivity index (χ0v) is 18.2. The highest BCUT2D eigenvalue weighted by Crippen LogP contribution is 2.25. The Kier molecular flexibility index (Phi) is 6.63. The number of anilines is 1. The third kappa shape index (κ3) is 5.04. The third-order valence-electron chi connectivity index (χ3n) is 5.23. The largest absolute Gasteiger partial charge is 0.497 e. The fourth-order valence-corrected chi connectivity index (χ4v) is 3.70. The van der Waals surface area contributed by atoms with Gasteiger partial charge in [0.2, 0.25) is 5.91 Å². The van der Waals surface area contributed by atoms with Gasteiger partial charge in [-0.3, -0.25) is 9.69 Å². The lowest BCUT2D eigenvalue weighted by Gasteiger charge is -2.27. The quantitative estimate of drug-likeness (QED) is 0.444. The van der Waals surface area contributed by atoms with E-state index in [9.17, 15) is 4.79 Å². The standard InChI is InChI=1S/C26H26N4O2/c1-29(18-20-17-27-30(19-20)23-13-7-4-8-14-23)25(21-10-5-3-6-11-21)26(31)28-22-12-9-15-24(16-22)32-2/h3-17,19,25H,18H2,1-2H3,(H,28,31)/t25-/m1/s1. The first kappa shape index (κ1) is 21.3. The monoisotopic (exact) mass is 426 g/mol. The Bertz CT molecular complexity index is 1160. The van der Waals surface area contributed by atoms with E-state index in [0.717, 1.165) is 16.8 Å². The van der Waals surface area contributed by atoms with Crippen molar-refractivity contribution in [2.24, 2.45) is 0 Å². The van der Waals surface area contributed by atoms with Crippen LogP contribution in [0, 0.1) is 0 Å². The number of carbonyl (C=O) groups excluding carboxylic acids is 1. The number of methoxy groups -OCH3 is 1. The summed E-state index contributed by atoms with van der Waals surface area (Å²) < 4.78 is 7.12. The molecule has 3 aromatic carbocycles. The second-order valence-electron chi connectivity index (χ2n) is 7.58. The Balaban J connectivity index is 1.55. The average molecular weight is 427 g/mol. The van der Waals surface area contributed by atoms with E-state index in [1.807, 2.05) is 114 Å². The smallest absolute Gasteiger partial charge is 0.246 e. The molecule has 0 saturated heterocycles. The average Bonchev–Trinajstić information content (AvgIpc) is 3.29. The molecule has 0 aliphatic carbocycles. The van der Waals surface area contributed by atoms with E-state index in [0.29, 0.717) is 18.0 Å². The highest BCUT2D eigenvalue weighted by atomic mass is 16.5. The van der Waals surface area contributed by atoms with Crippen molar-refractivity contribution in [1.82, 2.24) is 14.7 Å². The first-order chi connectivity index (χ1) is 15.6. The van der Waals surface area contributed by atoms with Crippen LogP contribution in [-0.4, -0.2) is 34.7 Å². The van der Waals surface area contributed by atoms with Crippen molar-refractivity contribution in [2.45, 2.75) is 12.6 Å². The topological polar surface area (TPSA) is 59.4 Å². The molecule has 1 amide bonds. The van der Waals surface area contributed by atoms with Crippen LogP contribution in [0.4, 0.5) is 5.69 Å². The Labute approximate surface area is 188 Å². The van der Waals surface area contributed by atoms with Gasteiger partial charge in [-0.05, 0) is 36.9 Å². The number of likely N-dealkylation sites (N-methyl/N-ethyl adjacent to an activating group) is 1. The zero-order valence-electron chi connectivity index (χ0n) is 18.2. The van der Waals surface area contributed by atoms with Gasteiger partial charge in [0.1, 0.15) is 11.8 Å². The van der Waals surface area contributed by atoms with Crippen LogP contribution in [0.1, 0.15) is 17.2 Å². The van der Waals surface area contributed by atoms with Crippen molar-refractivity contribution in [2.75, 3.05) is 19.5 Å². The van der Waals surface area contributed by atoms with E-state index < -0.39 is 6.04 Å². The third-order valence-corrected chi connectivity index (χ3v) is 5.23. The van der Waals surface area contributed by atoms with Gasteiger partial charge in [-0.25, -0.2) is 4.68 Å². The predicted molar refractivity (Wildman–Crippen MR) is 126 cm³/mol. The van der Waals surface area contributed by atoms with Gasteiger partial charge in [-0.1, -0.05) is 54.6 Å². The van der Waals surface area contributed by atoms with E-state index in [1.54, 1.807) is 7.11 Å². The molecule has 0 radical (unpaired) electrons. The van der Waals surface area contributed by atoms with Gasteiger partial charge in [0, 0.05) is 30.1 Å². The van der Waals surface area contributed by atoms with Gasteiger partial charge < -0.3 is 10.1 Å². The van der Waals surface area contributed by atoms with Crippen LogP contribution in [0.3, 0.4) is 0 Å². The normalized spacial score (nSPS) is 11.8. The summed E-state index contributed by atoms with van der Waals surface area (Å²) in [6.45, 7) is 0.567. The fourth-order valence-electron chi connectivity index (χ4n) is 3.70. The summed E-state index contributed by atoms with van der Waals surface area (Å²) >= 11 is 0. The molecule has 1 heterocycles. The van der Waals surface area contributed by atoms with E-state index >= 15 is 0 Å². The fraction of sp³-hybridized carbons (Fsp3) is 0.154. The summed E-state index contributed by atoms with van der Waals surface area (Å²) in [5, 5.41) is 7.51. The van der Waals surface area contributed by atoms with Crippen molar-refractivity contribution >= 4 is 11.6 Å². The molecular formula is C26H26N4O2. The molecule has 162 valence electrons. The minimum Gasteiger partial charge on any atom is -0.497 e. The molecule has 0 fully saturated rings. The molecule has 0 unspecified atom stereocenters. The Morgan fingerprint density at radius 1 is 1.03 bits per heavy atom. The zero-order chi connectivity index (χ0) is 22.3. The molecule has 4 aromatic rings. The van der Waals surface area contributed by atoms with E-state index in [4.69, 9.17) is 4.74 Å². The highest BCUT2D eigenvalue weighted by Gasteiger charge is 2.26. The molecule has 0 aliphatic heterocycles. The molecule has 6 nitrogen and oxygen atoms in total. The minimum absolute atomic E-state index is 0.109. The molecule has 1 N–H and O–H groups in total. The number of rotatable bonds is 8. The van der Waals surface area contributed by atoms with Crippen LogP contribution in [0.2, 0.25) is 0 Å². The molecule has 4 rings (SSSR count). The maximum atomic E-state index is 13.4. The maximum Gasteiger partial charge on any atom is 0.246 e. The van der Waals surface area contributed by atoms with Crippen LogP contribution < -0.4 is 10.1 Å². The van der Waals surface area contributed by atoms with Gasteiger partial charge in [-0.15, -0.1) is 0 Å². The molecule has 6 heteroatoms. The summed E-state index contributed by atoms with van der Waals surface area (Å²) in [6, 6.07) is 26.6. The lowest BCUT2D eigenvalue weighted by Crippen LogP contribution is -2.34. The number of aromatic nitrogens is 2. The Morgan fingerprint density at radius 3 is 2.47 bits per heavy atom. The molecule has 32 heavy (non-hydrogen) atoms. The number of ether oxygens (including phenoxy) is 1. The molecular weight excluding hydrogens is 400 g/mol. The number of hydrogen-bond acceptors (Lipinski definition) is 4. The Morgan fingerprint density at radius 2 is 1.75 bits per heavy atom. The van der Waals surface area contributed by atoms with Crippen molar-refractivity contribution in [3.8, 4) is 11.4 Å². The molecule has 1 aromatic heterocycles. The summed E-state index contributed by atoms with van der Waals surface area (Å²) in [7, 11) is 3.56. The van der Waals surface area contributed by atoms with Crippen LogP contribution in [-0.2, 0) is 11.3 Å². The first-order valence-corrected chi connectivity index (χ1v) is 10.4. The van der Waals surface area contributed by atoms with E-state index in [1.165, 1.54) is 0 Å². The number of para-hydroxylation sites is 1. The minimum atomic E-state index is -0.470. The lowest BCUT2D eigenvalue weighted by molar-refractivity contribution is -0.121. The number of amides is 1. The van der Waals surface area contributed by atoms with Crippen molar-refractivity contribution < 1.29 is 9.53 Å². The Hall–Kier alpha value is -3.90. The molecule has 0 aliphatic rings. The van der Waals surface area contributed by atoms with Crippen LogP contribution >= 0.6 is 0 Å². The lowest BCUT2D eigenvalue weighted by atomic mass is 10.0. The number of nitrogens with zero attached hydrogens (tertiary/aromatic N) is 3. The number of hydrogen-bond donors (Lipinski definition) is 1. The predicted octanol–water partition coefficient (Wildman–Crippen LogP) is 4.69. The molecule has 0 bridgehead atoms. The number of nitrogens with one attached hydrogen (secondary N) is 1. The van der Waals surface area contributed by atoms with Gasteiger partial charge in [0.05, 0.1) is 19.0 Å². The van der Waals surface area contributed by atoms with Crippen molar-refractivity contribution in [1.29, 1.82) is 0 Å². The summed E-state index contributed by atoms with van der Waals surface area (Å²) in [6.07, 6.45) is 3.83. The second-order valence-corrected chi connectivity index (χ2v) is 7.58. The van der Waals surface area contributed by atoms with Crippen LogP contribution in [0.25, 0.3) is 5.69 Å². The van der Waals surface area contributed by atoms with Gasteiger partial charge in [0.25, 0.3) is 0 Å². The molecule has 0 spiro atoms. The number of carbonyl (C=O) groups is 1. The SMILES string of the molecule is COc1cccc(NC(=O)[C@@H](c2ccccc2)N(C)Cc2cnn(-c3ccccc3)c2)c1. The molecule has 0 saturated carbocycles. The van der Waals surface area contributed by atoms with E-state index in [-0.39, 0.29) is 5.91 Å². The summed E-state index contributed by atoms with van der Waals surface area (Å²) in [4.78, 5) is 15.4. The summed E-state index contributed by atoms with van der Waals surface area (Å²) in [5.41, 5.74) is 3.63. The first-order valence-electron chi connectivity index (χ1n) is 10.4. The van der Waals surface area contributed by atoms with Gasteiger partial charge >= 0.3 is 0 Å². The highest BCUT2D eigenvalue weighted by molar-refractivity contribution is 5.95. The maximum absolute atomic E-state index is 13.4. The van der Waals surface area contributed by atoms with Crippen molar-refractivity contribution in [3.05, 3.63) is 108 Å². The van der Waals surface area contributed by atoms with Crippen LogP contribution in [0.15, 0.2) is 97.3 Å². The van der Waals surface area contributed by atoms with E-state index in [2.05, 4.69) is 10.4 Å². The second kappa shape index (κ2) is 9.94. The van der Waals surface area contributed by atoms with Crippen LogP contribution in [0.5, 0.6) is 5.75 Å². The molecule has 1 atom stereocenters. The van der Waals surface area contributed by atoms with Gasteiger partial charge in [-0.2, -0.15) is 5.10 Å². The number of benzene rings is 3. The summed E-state index contributed by atoms with van der Waals surface area (Å²) in [5.74, 6) is 0.586. The van der Waals surface area contributed by atoms with Crippen molar-refractivity contribution in [3.63, 3.8) is 0 Å².